The molecule has 5 heteroatoms. The molecule has 0 bridgehead atoms. The second-order valence-corrected chi connectivity index (χ2v) is 4.66. The lowest BCUT2D eigenvalue weighted by Gasteiger charge is -2.26. The van der Waals surface area contributed by atoms with E-state index < -0.39 is 5.60 Å². The highest BCUT2D eigenvalue weighted by Crippen LogP contribution is 2.24. The smallest absolute Gasteiger partial charge is 0.254 e. The van der Waals surface area contributed by atoms with Crippen molar-refractivity contribution in [1.82, 2.24) is 5.32 Å². The number of amides is 1. The molecule has 2 N–H and O–H groups in total. The minimum absolute atomic E-state index is 0.196. The first-order valence-electron chi connectivity index (χ1n) is 6.25. The molecule has 1 aliphatic heterocycles. The predicted octanol–water partition coefficient (Wildman–Crippen LogP) is 1.11. The van der Waals surface area contributed by atoms with Gasteiger partial charge in [-0.3, -0.25) is 4.79 Å². The molecule has 2 atom stereocenters. The van der Waals surface area contributed by atoms with Crippen LogP contribution in [0.1, 0.15) is 36.4 Å². The van der Waals surface area contributed by atoms with Gasteiger partial charge in [0.15, 0.2) is 0 Å². The zero-order valence-corrected chi connectivity index (χ0v) is 10.7. The van der Waals surface area contributed by atoms with Crippen LogP contribution in [-0.2, 0) is 11.2 Å². The van der Waals surface area contributed by atoms with Gasteiger partial charge in [0.1, 0.15) is 11.4 Å². The standard InChI is InChI=1S/C13H19NO4/c1-3-11-10(4-6-18-11)12(15)14-8-13(16)5-7-17-9(13)2/h4,6,9,16H,3,5,7-8H2,1-2H3,(H,14,15). The zero-order chi connectivity index (χ0) is 13.2. The molecule has 5 nitrogen and oxygen atoms in total. The van der Waals surface area contributed by atoms with Gasteiger partial charge in [0.2, 0.25) is 0 Å². The van der Waals surface area contributed by atoms with Gasteiger partial charge < -0.3 is 19.6 Å². The first-order valence-corrected chi connectivity index (χ1v) is 6.25. The van der Waals surface area contributed by atoms with Crippen molar-refractivity contribution >= 4 is 5.91 Å². The Labute approximate surface area is 106 Å². The molecule has 0 radical (unpaired) electrons. The van der Waals surface area contributed by atoms with Crippen molar-refractivity contribution in [3.8, 4) is 0 Å². The molecular formula is C13H19NO4. The second-order valence-electron chi connectivity index (χ2n) is 4.66. The molecule has 1 amide bonds. The lowest BCUT2D eigenvalue weighted by molar-refractivity contribution is -0.0251. The third kappa shape index (κ3) is 2.42. The average molecular weight is 253 g/mol. The van der Waals surface area contributed by atoms with E-state index in [-0.39, 0.29) is 18.6 Å². The van der Waals surface area contributed by atoms with E-state index in [1.54, 1.807) is 6.07 Å². The summed E-state index contributed by atoms with van der Waals surface area (Å²) in [5.41, 5.74) is -0.432. The van der Waals surface area contributed by atoms with Crippen LogP contribution in [0.4, 0.5) is 0 Å². The van der Waals surface area contributed by atoms with Crippen LogP contribution in [0, 0.1) is 0 Å². The molecule has 2 unspecified atom stereocenters. The molecule has 0 aliphatic carbocycles. The van der Waals surface area contributed by atoms with Gasteiger partial charge in [0.05, 0.1) is 17.9 Å². The Morgan fingerprint density at radius 1 is 1.67 bits per heavy atom. The molecule has 100 valence electrons. The van der Waals surface area contributed by atoms with E-state index in [0.717, 1.165) is 0 Å². The Kier molecular flexibility index (Phi) is 3.73. The van der Waals surface area contributed by atoms with Crippen LogP contribution in [-0.4, -0.2) is 35.9 Å². The van der Waals surface area contributed by atoms with Crippen molar-refractivity contribution in [2.24, 2.45) is 0 Å². The Balaban J connectivity index is 1.96. The quantitative estimate of drug-likeness (QED) is 0.843. The van der Waals surface area contributed by atoms with Crippen molar-refractivity contribution in [3.63, 3.8) is 0 Å². The van der Waals surface area contributed by atoms with Gasteiger partial charge in [-0.1, -0.05) is 6.92 Å². The number of rotatable bonds is 4. The normalized spacial score (nSPS) is 27.4. The van der Waals surface area contributed by atoms with Crippen LogP contribution in [0.2, 0.25) is 0 Å². The minimum Gasteiger partial charge on any atom is -0.469 e. The molecule has 0 saturated carbocycles. The Bertz CT molecular complexity index is 428. The van der Waals surface area contributed by atoms with Crippen LogP contribution < -0.4 is 5.32 Å². The van der Waals surface area contributed by atoms with E-state index >= 15 is 0 Å². The van der Waals surface area contributed by atoms with Crippen molar-refractivity contribution in [2.75, 3.05) is 13.2 Å². The number of nitrogens with one attached hydrogen (secondary N) is 1. The van der Waals surface area contributed by atoms with E-state index in [1.807, 2.05) is 13.8 Å². The summed E-state index contributed by atoms with van der Waals surface area (Å²) in [5.74, 6) is 0.448. The number of aryl methyl sites for hydroxylation is 1. The summed E-state index contributed by atoms with van der Waals surface area (Å²) in [4.78, 5) is 12.0. The average Bonchev–Trinajstić information content (AvgIpc) is 2.95. The number of hydrogen-bond acceptors (Lipinski definition) is 4. The summed E-state index contributed by atoms with van der Waals surface area (Å²) in [5, 5.41) is 13.0. The van der Waals surface area contributed by atoms with Gasteiger partial charge in [-0.05, 0) is 13.0 Å². The summed E-state index contributed by atoms with van der Waals surface area (Å²) in [7, 11) is 0. The Morgan fingerprint density at radius 3 is 3.06 bits per heavy atom. The summed E-state index contributed by atoms with van der Waals surface area (Å²) in [6, 6.07) is 1.65. The van der Waals surface area contributed by atoms with E-state index in [1.165, 1.54) is 6.26 Å². The SMILES string of the molecule is CCc1occc1C(=O)NCC1(O)CCOC1C. The number of carbonyl (C=O) groups excluding carboxylic acids is 1. The molecule has 2 heterocycles. The van der Waals surface area contributed by atoms with E-state index in [4.69, 9.17) is 9.15 Å². The minimum atomic E-state index is -0.966. The number of carbonyl (C=O) groups is 1. The van der Waals surface area contributed by atoms with Gasteiger partial charge in [0, 0.05) is 26.0 Å². The first-order chi connectivity index (χ1) is 8.57. The van der Waals surface area contributed by atoms with Crippen molar-refractivity contribution in [2.45, 2.75) is 38.4 Å². The second kappa shape index (κ2) is 5.12. The Morgan fingerprint density at radius 2 is 2.44 bits per heavy atom. The summed E-state index contributed by atoms with van der Waals surface area (Å²) < 4.78 is 10.5. The molecule has 2 rings (SSSR count). The van der Waals surface area contributed by atoms with Gasteiger partial charge in [-0.15, -0.1) is 0 Å². The third-order valence-electron chi connectivity index (χ3n) is 3.53. The molecule has 1 aromatic rings. The number of ether oxygens (including phenoxy) is 1. The fourth-order valence-electron chi connectivity index (χ4n) is 2.15. The highest BCUT2D eigenvalue weighted by Gasteiger charge is 2.39. The van der Waals surface area contributed by atoms with Crippen LogP contribution in [0.5, 0.6) is 0 Å². The van der Waals surface area contributed by atoms with Crippen molar-refractivity contribution in [1.29, 1.82) is 0 Å². The fraction of sp³-hybridized carbons (Fsp3) is 0.615. The first kappa shape index (κ1) is 13.1. The fourth-order valence-corrected chi connectivity index (χ4v) is 2.15. The maximum absolute atomic E-state index is 12.0. The monoisotopic (exact) mass is 253 g/mol. The van der Waals surface area contributed by atoms with Crippen molar-refractivity contribution in [3.05, 3.63) is 23.7 Å². The molecule has 1 aliphatic rings. The number of hydrogen-bond donors (Lipinski definition) is 2. The maximum Gasteiger partial charge on any atom is 0.254 e. The highest BCUT2D eigenvalue weighted by atomic mass is 16.5. The van der Waals surface area contributed by atoms with E-state index in [9.17, 15) is 9.90 Å². The highest BCUT2D eigenvalue weighted by molar-refractivity contribution is 5.95. The number of aliphatic hydroxyl groups is 1. The summed E-state index contributed by atoms with van der Waals surface area (Å²) >= 11 is 0. The maximum atomic E-state index is 12.0. The lowest BCUT2D eigenvalue weighted by Crippen LogP contribution is -2.47. The van der Waals surface area contributed by atoms with Gasteiger partial charge in [0.25, 0.3) is 5.91 Å². The van der Waals surface area contributed by atoms with Gasteiger partial charge in [-0.2, -0.15) is 0 Å². The zero-order valence-electron chi connectivity index (χ0n) is 10.7. The van der Waals surface area contributed by atoms with Crippen LogP contribution >= 0.6 is 0 Å². The van der Waals surface area contributed by atoms with Crippen LogP contribution in [0.3, 0.4) is 0 Å². The van der Waals surface area contributed by atoms with Crippen molar-refractivity contribution < 1.29 is 19.1 Å². The van der Waals surface area contributed by atoms with Crippen LogP contribution in [0.15, 0.2) is 16.7 Å². The Hall–Kier alpha value is -1.33. The van der Waals surface area contributed by atoms with Gasteiger partial charge >= 0.3 is 0 Å². The van der Waals surface area contributed by atoms with Gasteiger partial charge in [-0.25, -0.2) is 0 Å². The summed E-state index contributed by atoms with van der Waals surface area (Å²) in [6.07, 6.45) is 2.46. The summed E-state index contributed by atoms with van der Waals surface area (Å²) in [6.45, 7) is 4.46. The molecule has 0 aromatic carbocycles. The molecule has 18 heavy (non-hydrogen) atoms. The predicted molar refractivity (Wildman–Crippen MR) is 65.4 cm³/mol. The largest absolute Gasteiger partial charge is 0.469 e. The third-order valence-corrected chi connectivity index (χ3v) is 3.53. The van der Waals surface area contributed by atoms with Crippen LogP contribution in [0.25, 0.3) is 0 Å². The molecule has 0 spiro atoms. The number of furan rings is 1. The van der Waals surface area contributed by atoms with E-state index in [0.29, 0.717) is 30.8 Å². The molecule has 1 saturated heterocycles. The molecular weight excluding hydrogens is 234 g/mol. The van der Waals surface area contributed by atoms with E-state index in [2.05, 4.69) is 5.32 Å². The lowest BCUT2D eigenvalue weighted by atomic mass is 9.96. The molecule has 1 fully saturated rings. The molecule has 1 aromatic heterocycles. The topological polar surface area (TPSA) is 71.7 Å².